The Labute approximate surface area is 194 Å². The Morgan fingerprint density at radius 1 is 0.774 bits per heavy atom. The molecule has 4 saturated carbocycles. The van der Waals surface area contributed by atoms with E-state index in [9.17, 15) is 5.11 Å². The van der Waals surface area contributed by atoms with Gasteiger partial charge in [0.2, 0.25) is 0 Å². The third-order valence-corrected chi connectivity index (χ3v) is 12.6. The molecule has 0 radical (unpaired) electrons. The molecule has 180 valence electrons. The Balaban J connectivity index is 1.49. The van der Waals surface area contributed by atoms with Crippen molar-refractivity contribution in [2.45, 2.75) is 119 Å². The molecule has 1 N–H and O–H groups in total. The lowest BCUT2D eigenvalue weighted by molar-refractivity contribution is -0.149. The molecular weight excluding hydrogens is 376 g/mol. The van der Waals surface area contributed by atoms with Gasteiger partial charge in [-0.15, -0.1) is 0 Å². The van der Waals surface area contributed by atoms with E-state index in [0.717, 1.165) is 59.7 Å². The van der Waals surface area contributed by atoms with Crippen LogP contribution in [0.3, 0.4) is 0 Å². The minimum atomic E-state index is -0.0459. The highest BCUT2D eigenvalue weighted by atomic mass is 16.3. The van der Waals surface area contributed by atoms with Crippen LogP contribution in [-0.2, 0) is 0 Å². The number of rotatable bonds is 5. The average molecular weight is 431 g/mol. The molecule has 31 heavy (non-hydrogen) atoms. The van der Waals surface area contributed by atoms with E-state index in [1.54, 1.807) is 0 Å². The zero-order chi connectivity index (χ0) is 22.7. The van der Waals surface area contributed by atoms with Crippen LogP contribution in [0.25, 0.3) is 0 Å². The summed E-state index contributed by atoms with van der Waals surface area (Å²) in [4.78, 5) is 0. The van der Waals surface area contributed by atoms with Crippen LogP contribution < -0.4 is 0 Å². The van der Waals surface area contributed by atoms with E-state index < -0.39 is 0 Å². The molecule has 0 aliphatic heterocycles. The van der Waals surface area contributed by atoms with Crippen molar-refractivity contribution in [1.82, 2.24) is 0 Å². The smallest absolute Gasteiger partial charge is 0.0568 e. The van der Waals surface area contributed by atoms with Gasteiger partial charge in [-0.1, -0.05) is 55.4 Å². The Bertz CT molecular complexity index is 626. The van der Waals surface area contributed by atoms with Crippen LogP contribution in [0.4, 0.5) is 0 Å². The van der Waals surface area contributed by atoms with E-state index in [4.69, 9.17) is 0 Å². The molecule has 12 atom stereocenters. The molecule has 4 aliphatic carbocycles. The van der Waals surface area contributed by atoms with Gasteiger partial charge >= 0.3 is 0 Å². The average Bonchev–Trinajstić information content (AvgIpc) is 3.07. The van der Waals surface area contributed by atoms with Gasteiger partial charge < -0.3 is 5.11 Å². The third-order valence-electron chi connectivity index (χ3n) is 12.6. The Kier molecular flexibility index (Phi) is 6.71. The van der Waals surface area contributed by atoms with Gasteiger partial charge in [-0.25, -0.2) is 0 Å². The molecule has 0 aromatic heterocycles. The summed E-state index contributed by atoms with van der Waals surface area (Å²) in [6.45, 7) is 20.1. The molecule has 3 unspecified atom stereocenters. The second-order valence-corrected chi connectivity index (χ2v) is 14.1. The van der Waals surface area contributed by atoms with Gasteiger partial charge in [-0.05, 0) is 128 Å². The van der Waals surface area contributed by atoms with Crippen molar-refractivity contribution < 1.29 is 5.11 Å². The molecule has 1 heteroatoms. The summed E-state index contributed by atoms with van der Waals surface area (Å²) in [5, 5.41) is 10.6. The number of hydrogen-bond donors (Lipinski definition) is 1. The van der Waals surface area contributed by atoms with Crippen LogP contribution in [0.1, 0.15) is 113 Å². The number of aliphatic hydroxyl groups excluding tert-OH is 1. The van der Waals surface area contributed by atoms with Crippen molar-refractivity contribution in [2.24, 2.45) is 70.0 Å². The summed E-state index contributed by atoms with van der Waals surface area (Å²) in [6, 6.07) is 0. The molecular formula is C30H54O. The van der Waals surface area contributed by atoms with Gasteiger partial charge in [0.25, 0.3) is 0 Å². The first-order chi connectivity index (χ1) is 14.5. The Morgan fingerprint density at radius 2 is 1.39 bits per heavy atom. The van der Waals surface area contributed by atoms with Crippen LogP contribution in [0, 0.1) is 70.0 Å². The first-order valence-corrected chi connectivity index (χ1v) is 14.2. The topological polar surface area (TPSA) is 20.2 Å². The first-order valence-electron chi connectivity index (χ1n) is 14.2. The lowest BCUT2D eigenvalue weighted by Gasteiger charge is -2.62. The molecule has 0 amide bonds. The maximum absolute atomic E-state index is 10.6. The lowest BCUT2D eigenvalue weighted by atomic mass is 9.43. The molecule has 0 aromatic rings. The quantitative estimate of drug-likeness (QED) is 0.466. The van der Waals surface area contributed by atoms with Gasteiger partial charge in [0, 0.05) is 0 Å². The van der Waals surface area contributed by atoms with Crippen LogP contribution in [0.5, 0.6) is 0 Å². The largest absolute Gasteiger partial charge is 0.393 e. The second kappa shape index (κ2) is 8.63. The van der Waals surface area contributed by atoms with Crippen molar-refractivity contribution in [3.63, 3.8) is 0 Å². The van der Waals surface area contributed by atoms with Crippen LogP contribution in [0.2, 0.25) is 0 Å². The molecule has 0 heterocycles. The maximum Gasteiger partial charge on any atom is 0.0568 e. The number of fused-ring (bicyclic) bond motifs is 5. The Morgan fingerprint density at radius 3 is 2.06 bits per heavy atom. The predicted molar refractivity (Wildman–Crippen MR) is 133 cm³/mol. The van der Waals surface area contributed by atoms with Crippen LogP contribution in [0.15, 0.2) is 0 Å². The van der Waals surface area contributed by atoms with Gasteiger partial charge in [0.15, 0.2) is 0 Å². The zero-order valence-electron chi connectivity index (χ0n) is 22.2. The summed E-state index contributed by atoms with van der Waals surface area (Å²) in [5.41, 5.74) is 1.08. The maximum atomic E-state index is 10.6. The van der Waals surface area contributed by atoms with E-state index in [2.05, 4.69) is 55.4 Å². The normalized spacial score (nSPS) is 50.3. The SMILES string of the molecule is CC(C)C(C)C(C)C[C@@H](C)C1CC[C@H]2[C@@H]3CC[C@H]4[C@H](C)[C@@H](O)CC[C@]4(C)[C@H]3CC[C@]12C. The van der Waals surface area contributed by atoms with Crippen LogP contribution in [-0.4, -0.2) is 11.2 Å². The molecule has 1 nitrogen and oxygen atoms in total. The van der Waals surface area contributed by atoms with Gasteiger partial charge in [-0.2, -0.15) is 0 Å². The highest BCUT2D eigenvalue weighted by molar-refractivity contribution is 5.10. The van der Waals surface area contributed by atoms with E-state index >= 15 is 0 Å². The number of hydrogen-bond acceptors (Lipinski definition) is 1. The van der Waals surface area contributed by atoms with Gasteiger partial charge in [0.05, 0.1) is 6.10 Å². The van der Waals surface area contributed by atoms with Crippen molar-refractivity contribution >= 4 is 0 Å². The summed E-state index contributed by atoms with van der Waals surface area (Å²) < 4.78 is 0. The Hall–Kier alpha value is -0.0400. The van der Waals surface area contributed by atoms with Crippen LogP contribution >= 0.6 is 0 Å². The van der Waals surface area contributed by atoms with E-state index in [1.807, 2.05) is 0 Å². The lowest BCUT2D eigenvalue weighted by Crippen LogP contribution is -2.56. The molecule has 0 spiro atoms. The highest BCUT2D eigenvalue weighted by Gasteiger charge is 2.61. The van der Waals surface area contributed by atoms with E-state index in [1.165, 1.54) is 51.4 Å². The van der Waals surface area contributed by atoms with Gasteiger partial charge in [-0.3, -0.25) is 0 Å². The molecule has 0 bridgehead atoms. The van der Waals surface area contributed by atoms with E-state index in [0.29, 0.717) is 16.7 Å². The summed E-state index contributed by atoms with van der Waals surface area (Å²) in [6.07, 6.45) is 12.5. The molecule has 0 aromatic carbocycles. The molecule has 4 fully saturated rings. The molecule has 0 saturated heterocycles. The first kappa shape index (κ1) is 24.1. The summed E-state index contributed by atoms with van der Waals surface area (Å²) in [7, 11) is 0. The van der Waals surface area contributed by atoms with E-state index in [-0.39, 0.29) is 6.10 Å². The fourth-order valence-electron chi connectivity index (χ4n) is 10.3. The minimum Gasteiger partial charge on any atom is -0.393 e. The monoisotopic (exact) mass is 430 g/mol. The summed E-state index contributed by atoms with van der Waals surface area (Å²) in [5.74, 6) is 8.43. The molecule has 4 aliphatic rings. The second-order valence-electron chi connectivity index (χ2n) is 14.1. The molecule has 4 rings (SSSR count). The van der Waals surface area contributed by atoms with Gasteiger partial charge in [0.1, 0.15) is 0 Å². The minimum absolute atomic E-state index is 0.0459. The van der Waals surface area contributed by atoms with Crippen molar-refractivity contribution in [2.75, 3.05) is 0 Å². The van der Waals surface area contributed by atoms with Crippen molar-refractivity contribution in [1.29, 1.82) is 0 Å². The standard InChI is InChI=1S/C30H54O/c1-18(2)21(5)19(3)17-20(4)24-11-12-26-23-9-10-25-22(6)28(31)14-16-30(25,8)27(23)13-15-29(24,26)7/h18-28,31H,9-17H2,1-8H3/t19?,20-,21?,22+,23+,24?,25+,26+,27+,28+,29-,30+/m1/s1. The fraction of sp³-hybridized carbons (Fsp3) is 1.00. The third kappa shape index (κ3) is 3.85. The number of aliphatic hydroxyl groups is 1. The zero-order valence-corrected chi connectivity index (χ0v) is 22.2. The summed E-state index contributed by atoms with van der Waals surface area (Å²) >= 11 is 0. The highest BCUT2D eigenvalue weighted by Crippen LogP contribution is 2.69. The van der Waals surface area contributed by atoms with Crippen molar-refractivity contribution in [3.8, 4) is 0 Å². The predicted octanol–water partition coefficient (Wildman–Crippen LogP) is 8.21. The van der Waals surface area contributed by atoms with Crippen molar-refractivity contribution in [3.05, 3.63) is 0 Å². The fourth-order valence-corrected chi connectivity index (χ4v) is 10.3.